The maximum atomic E-state index is 13.6. The van der Waals surface area contributed by atoms with Crippen LogP contribution in [0.25, 0.3) is 0 Å². The van der Waals surface area contributed by atoms with E-state index in [1.54, 1.807) is 19.1 Å². The SMILES string of the molecule is COc1ccc(CC(C)(O)CCNCC(C)C)cc1F. The molecule has 0 aliphatic heterocycles. The Kier molecular flexibility index (Phi) is 6.43. The van der Waals surface area contributed by atoms with Crippen molar-refractivity contribution in [2.24, 2.45) is 5.92 Å². The van der Waals surface area contributed by atoms with Crippen molar-refractivity contribution in [3.8, 4) is 5.75 Å². The molecule has 0 saturated carbocycles. The smallest absolute Gasteiger partial charge is 0.165 e. The Bertz CT molecular complexity index is 419. The van der Waals surface area contributed by atoms with E-state index in [-0.39, 0.29) is 5.75 Å². The minimum atomic E-state index is -0.842. The van der Waals surface area contributed by atoms with Crippen LogP contribution in [0.2, 0.25) is 0 Å². The molecule has 0 heterocycles. The fourth-order valence-electron chi connectivity index (χ4n) is 2.10. The second-order valence-electron chi connectivity index (χ2n) is 5.99. The zero-order valence-electron chi connectivity index (χ0n) is 12.9. The van der Waals surface area contributed by atoms with E-state index in [1.165, 1.54) is 13.2 Å². The Morgan fingerprint density at radius 2 is 2.10 bits per heavy atom. The lowest BCUT2D eigenvalue weighted by molar-refractivity contribution is 0.0513. The molecule has 1 aromatic carbocycles. The van der Waals surface area contributed by atoms with E-state index in [2.05, 4.69) is 19.2 Å². The van der Waals surface area contributed by atoms with Gasteiger partial charge in [-0.2, -0.15) is 0 Å². The second kappa shape index (κ2) is 7.60. The molecule has 1 rings (SSSR count). The molecule has 1 aromatic rings. The lowest BCUT2D eigenvalue weighted by Crippen LogP contribution is -2.33. The normalized spacial score (nSPS) is 14.3. The van der Waals surface area contributed by atoms with E-state index in [4.69, 9.17) is 4.74 Å². The number of hydrogen-bond acceptors (Lipinski definition) is 3. The molecule has 0 fully saturated rings. The maximum Gasteiger partial charge on any atom is 0.165 e. The monoisotopic (exact) mass is 283 g/mol. The summed E-state index contributed by atoms with van der Waals surface area (Å²) in [5.41, 5.74) is -0.0671. The summed E-state index contributed by atoms with van der Waals surface area (Å²) in [7, 11) is 1.44. The average molecular weight is 283 g/mol. The van der Waals surface area contributed by atoms with Crippen LogP contribution in [0.3, 0.4) is 0 Å². The predicted molar refractivity (Wildman–Crippen MR) is 79.6 cm³/mol. The van der Waals surface area contributed by atoms with Crippen molar-refractivity contribution in [1.82, 2.24) is 5.32 Å². The Morgan fingerprint density at radius 3 is 2.65 bits per heavy atom. The third-order valence-electron chi connectivity index (χ3n) is 3.19. The molecule has 3 nitrogen and oxygen atoms in total. The van der Waals surface area contributed by atoms with Gasteiger partial charge in [-0.3, -0.25) is 0 Å². The number of halogens is 1. The standard InChI is InChI=1S/C16H26FNO2/c1-12(2)11-18-8-7-16(3,19)10-13-5-6-15(20-4)14(17)9-13/h5-6,9,12,18-19H,7-8,10-11H2,1-4H3. The zero-order chi connectivity index (χ0) is 15.2. The van der Waals surface area contributed by atoms with Gasteiger partial charge in [-0.1, -0.05) is 19.9 Å². The van der Waals surface area contributed by atoms with Gasteiger partial charge in [0, 0.05) is 6.42 Å². The lowest BCUT2D eigenvalue weighted by Gasteiger charge is -2.24. The zero-order valence-corrected chi connectivity index (χ0v) is 12.9. The van der Waals surface area contributed by atoms with Crippen molar-refractivity contribution in [3.05, 3.63) is 29.6 Å². The number of ether oxygens (including phenoxy) is 1. The molecule has 0 spiro atoms. The first kappa shape index (κ1) is 16.9. The van der Waals surface area contributed by atoms with Crippen molar-refractivity contribution < 1.29 is 14.2 Å². The summed E-state index contributed by atoms with van der Waals surface area (Å²) in [6, 6.07) is 4.81. The number of aliphatic hydroxyl groups is 1. The van der Waals surface area contributed by atoms with Gasteiger partial charge >= 0.3 is 0 Å². The fraction of sp³-hybridized carbons (Fsp3) is 0.625. The Hall–Kier alpha value is -1.13. The summed E-state index contributed by atoms with van der Waals surface area (Å²) in [4.78, 5) is 0. The number of nitrogens with one attached hydrogen (secondary N) is 1. The number of benzene rings is 1. The molecule has 1 unspecified atom stereocenters. The molecule has 0 radical (unpaired) electrons. The molecular formula is C16H26FNO2. The maximum absolute atomic E-state index is 13.6. The van der Waals surface area contributed by atoms with Crippen LogP contribution in [0.4, 0.5) is 4.39 Å². The van der Waals surface area contributed by atoms with Crippen LogP contribution < -0.4 is 10.1 Å². The molecule has 0 bridgehead atoms. The van der Waals surface area contributed by atoms with Gasteiger partial charge in [0.2, 0.25) is 0 Å². The molecule has 2 N–H and O–H groups in total. The van der Waals surface area contributed by atoms with Gasteiger partial charge in [-0.05, 0) is 50.0 Å². The van der Waals surface area contributed by atoms with Gasteiger partial charge in [0.15, 0.2) is 11.6 Å². The van der Waals surface area contributed by atoms with Crippen molar-refractivity contribution in [2.45, 2.75) is 39.2 Å². The summed E-state index contributed by atoms with van der Waals surface area (Å²) in [5.74, 6) is 0.432. The van der Waals surface area contributed by atoms with Crippen LogP contribution in [0, 0.1) is 11.7 Å². The van der Waals surface area contributed by atoms with Crippen molar-refractivity contribution in [2.75, 3.05) is 20.2 Å². The molecule has 0 aliphatic rings. The second-order valence-corrected chi connectivity index (χ2v) is 5.99. The molecule has 1 atom stereocenters. The quantitative estimate of drug-likeness (QED) is 0.721. The first-order chi connectivity index (χ1) is 9.34. The van der Waals surface area contributed by atoms with Crippen LogP contribution in [0.15, 0.2) is 18.2 Å². The van der Waals surface area contributed by atoms with Crippen LogP contribution in [-0.4, -0.2) is 30.9 Å². The fourth-order valence-corrected chi connectivity index (χ4v) is 2.10. The van der Waals surface area contributed by atoms with Crippen LogP contribution in [0.1, 0.15) is 32.8 Å². The van der Waals surface area contributed by atoms with Crippen LogP contribution in [-0.2, 0) is 6.42 Å². The Labute approximate surface area is 121 Å². The van der Waals surface area contributed by atoms with Crippen molar-refractivity contribution in [3.63, 3.8) is 0 Å². The van der Waals surface area contributed by atoms with Gasteiger partial charge in [0.25, 0.3) is 0 Å². The molecule has 0 amide bonds. The largest absolute Gasteiger partial charge is 0.494 e. The number of rotatable bonds is 8. The highest BCUT2D eigenvalue weighted by Crippen LogP contribution is 2.22. The van der Waals surface area contributed by atoms with E-state index in [1.807, 2.05) is 0 Å². The first-order valence-corrected chi connectivity index (χ1v) is 7.09. The van der Waals surface area contributed by atoms with E-state index in [9.17, 15) is 9.50 Å². The Balaban J connectivity index is 2.50. The third kappa shape index (κ3) is 5.88. The van der Waals surface area contributed by atoms with Gasteiger partial charge in [-0.15, -0.1) is 0 Å². The Morgan fingerprint density at radius 1 is 1.40 bits per heavy atom. The molecular weight excluding hydrogens is 257 g/mol. The van der Waals surface area contributed by atoms with E-state index < -0.39 is 11.4 Å². The highest BCUT2D eigenvalue weighted by atomic mass is 19.1. The minimum Gasteiger partial charge on any atom is -0.494 e. The average Bonchev–Trinajstić information content (AvgIpc) is 2.34. The first-order valence-electron chi connectivity index (χ1n) is 7.09. The topological polar surface area (TPSA) is 41.5 Å². The van der Waals surface area contributed by atoms with E-state index >= 15 is 0 Å². The number of methoxy groups -OCH3 is 1. The molecule has 0 saturated heterocycles. The van der Waals surface area contributed by atoms with Crippen LogP contribution >= 0.6 is 0 Å². The molecule has 0 aliphatic carbocycles. The van der Waals surface area contributed by atoms with Crippen molar-refractivity contribution in [1.29, 1.82) is 0 Å². The van der Waals surface area contributed by atoms with E-state index in [0.29, 0.717) is 18.8 Å². The third-order valence-corrected chi connectivity index (χ3v) is 3.19. The summed E-state index contributed by atoms with van der Waals surface area (Å²) in [6.45, 7) is 7.76. The van der Waals surface area contributed by atoms with Crippen LogP contribution in [0.5, 0.6) is 5.75 Å². The minimum absolute atomic E-state index is 0.229. The molecule has 0 aromatic heterocycles. The van der Waals surface area contributed by atoms with E-state index in [0.717, 1.165) is 18.7 Å². The lowest BCUT2D eigenvalue weighted by atomic mass is 9.93. The molecule has 4 heteroatoms. The summed E-state index contributed by atoms with van der Waals surface area (Å²) in [6.07, 6.45) is 1.06. The summed E-state index contributed by atoms with van der Waals surface area (Å²) in [5, 5.41) is 13.7. The molecule has 20 heavy (non-hydrogen) atoms. The van der Waals surface area contributed by atoms with Gasteiger partial charge < -0.3 is 15.2 Å². The predicted octanol–water partition coefficient (Wildman–Crippen LogP) is 2.76. The van der Waals surface area contributed by atoms with Gasteiger partial charge in [-0.25, -0.2) is 4.39 Å². The van der Waals surface area contributed by atoms with Gasteiger partial charge in [0.05, 0.1) is 12.7 Å². The summed E-state index contributed by atoms with van der Waals surface area (Å²) >= 11 is 0. The highest BCUT2D eigenvalue weighted by Gasteiger charge is 2.21. The van der Waals surface area contributed by atoms with Gasteiger partial charge in [0.1, 0.15) is 0 Å². The number of hydrogen-bond donors (Lipinski definition) is 2. The van der Waals surface area contributed by atoms with Crippen molar-refractivity contribution >= 4 is 0 Å². The summed E-state index contributed by atoms with van der Waals surface area (Å²) < 4.78 is 18.5. The highest BCUT2D eigenvalue weighted by molar-refractivity contribution is 5.30. The molecule has 114 valence electrons.